The fourth-order valence-electron chi connectivity index (χ4n) is 1.24. The molecule has 2 N–H and O–H groups in total. The molecule has 0 unspecified atom stereocenters. The van der Waals surface area contributed by atoms with Gasteiger partial charge in [0.15, 0.2) is 0 Å². The van der Waals surface area contributed by atoms with E-state index >= 15 is 0 Å². The number of carbonyl (C=O) groups excluding carboxylic acids is 1. The van der Waals surface area contributed by atoms with E-state index in [9.17, 15) is 4.79 Å². The van der Waals surface area contributed by atoms with Gasteiger partial charge >= 0.3 is 5.97 Å². The summed E-state index contributed by atoms with van der Waals surface area (Å²) in [6.45, 7) is 2.68. The highest BCUT2D eigenvalue weighted by Crippen LogP contribution is 2.19. The molecule has 1 rings (SSSR count). The SMILES string of the molecule is CCOC(=O)CCCOc1ccccc1N.Cl. The van der Waals surface area contributed by atoms with Crippen LogP contribution >= 0.6 is 12.4 Å². The predicted molar refractivity (Wildman–Crippen MR) is 69.5 cm³/mol. The van der Waals surface area contributed by atoms with E-state index in [1.54, 1.807) is 19.1 Å². The summed E-state index contributed by atoms with van der Waals surface area (Å²) in [6, 6.07) is 7.29. The smallest absolute Gasteiger partial charge is 0.305 e. The molecule has 0 saturated carbocycles. The summed E-state index contributed by atoms with van der Waals surface area (Å²) in [6.07, 6.45) is 1.01. The van der Waals surface area contributed by atoms with Crippen molar-refractivity contribution < 1.29 is 14.3 Å². The summed E-state index contributed by atoms with van der Waals surface area (Å²) in [5.41, 5.74) is 6.30. The number of nitrogens with two attached hydrogens (primary N) is 1. The lowest BCUT2D eigenvalue weighted by Gasteiger charge is -2.07. The van der Waals surface area contributed by atoms with Gasteiger partial charge in [0, 0.05) is 6.42 Å². The third kappa shape index (κ3) is 6.02. The molecule has 0 amide bonds. The average molecular weight is 260 g/mol. The highest BCUT2D eigenvalue weighted by molar-refractivity contribution is 5.85. The summed E-state index contributed by atoms with van der Waals surface area (Å²) in [5.74, 6) is 0.471. The minimum Gasteiger partial charge on any atom is -0.491 e. The molecule has 0 bridgehead atoms. The number of hydrogen-bond donors (Lipinski definition) is 1. The fraction of sp³-hybridized carbons (Fsp3) is 0.417. The number of anilines is 1. The summed E-state index contributed by atoms with van der Waals surface area (Å²) >= 11 is 0. The number of esters is 1. The molecule has 1 aromatic rings. The Labute approximate surface area is 108 Å². The molecule has 0 saturated heterocycles. The first kappa shape index (κ1) is 15.6. The Bertz CT molecular complexity index is 344. The lowest BCUT2D eigenvalue weighted by atomic mass is 10.3. The van der Waals surface area contributed by atoms with Gasteiger partial charge in [0.25, 0.3) is 0 Å². The molecule has 0 radical (unpaired) electrons. The second kappa shape index (κ2) is 8.70. The van der Waals surface area contributed by atoms with Crippen LogP contribution in [0.15, 0.2) is 24.3 Å². The molecule has 0 fully saturated rings. The van der Waals surface area contributed by atoms with Crippen LogP contribution in [0.2, 0.25) is 0 Å². The molecule has 96 valence electrons. The maximum atomic E-state index is 11.0. The molecule has 0 aromatic heterocycles. The van der Waals surface area contributed by atoms with E-state index in [0.717, 1.165) is 0 Å². The van der Waals surface area contributed by atoms with Crippen LogP contribution in [0.3, 0.4) is 0 Å². The highest BCUT2D eigenvalue weighted by atomic mass is 35.5. The Hall–Kier alpha value is -1.42. The van der Waals surface area contributed by atoms with Crippen LogP contribution in [-0.2, 0) is 9.53 Å². The van der Waals surface area contributed by atoms with Crippen LogP contribution in [-0.4, -0.2) is 19.2 Å². The molecular formula is C12H18ClNO3. The maximum Gasteiger partial charge on any atom is 0.305 e. The van der Waals surface area contributed by atoms with E-state index in [1.807, 2.05) is 12.1 Å². The lowest BCUT2D eigenvalue weighted by molar-refractivity contribution is -0.143. The number of halogens is 1. The van der Waals surface area contributed by atoms with Gasteiger partial charge in [-0.15, -0.1) is 12.4 Å². The molecule has 0 heterocycles. The number of hydrogen-bond acceptors (Lipinski definition) is 4. The van der Waals surface area contributed by atoms with Gasteiger partial charge in [-0.2, -0.15) is 0 Å². The molecule has 0 aliphatic carbocycles. The van der Waals surface area contributed by atoms with Crippen LogP contribution < -0.4 is 10.5 Å². The molecule has 0 atom stereocenters. The second-order valence-electron chi connectivity index (χ2n) is 3.29. The zero-order valence-corrected chi connectivity index (χ0v) is 10.7. The topological polar surface area (TPSA) is 61.5 Å². The standard InChI is InChI=1S/C12H17NO3.ClH/c1-2-15-12(14)8-5-9-16-11-7-4-3-6-10(11)13;/h3-4,6-7H,2,5,8-9,13H2,1H3;1H. The number of nitrogen functional groups attached to an aromatic ring is 1. The van der Waals surface area contributed by atoms with Crippen LogP contribution in [0.1, 0.15) is 19.8 Å². The molecule has 17 heavy (non-hydrogen) atoms. The van der Waals surface area contributed by atoms with Crippen LogP contribution in [0, 0.1) is 0 Å². The highest BCUT2D eigenvalue weighted by Gasteiger charge is 2.02. The van der Waals surface area contributed by atoms with Crippen molar-refractivity contribution in [1.82, 2.24) is 0 Å². The van der Waals surface area contributed by atoms with Crippen molar-refractivity contribution in [2.45, 2.75) is 19.8 Å². The van der Waals surface area contributed by atoms with Gasteiger partial charge in [0.2, 0.25) is 0 Å². The summed E-state index contributed by atoms with van der Waals surface area (Å²) in [7, 11) is 0. The van der Waals surface area contributed by atoms with Crippen LogP contribution in [0.4, 0.5) is 5.69 Å². The van der Waals surface area contributed by atoms with E-state index in [-0.39, 0.29) is 18.4 Å². The number of rotatable bonds is 6. The Morgan fingerprint density at radius 2 is 2.06 bits per heavy atom. The summed E-state index contributed by atoms with van der Waals surface area (Å²) in [5, 5.41) is 0. The van der Waals surface area contributed by atoms with E-state index < -0.39 is 0 Å². The molecule has 0 aliphatic rings. The molecule has 0 aliphatic heterocycles. The van der Waals surface area contributed by atoms with Crippen molar-refractivity contribution in [2.75, 3.05) is 18.9 Å². The van der Waals surface area contributed by atoms with Crippen molar-refractivity contribution in [3.63, 3.8) is 0 Å². The van der Waals surface area contributed by atoms with Gasteiger partial charge in [-0.05, 0) is 25.5 Å². The van der Waals surface area contributed by atoms with Gasteiger partial charge < -0.3 is 15.2 Å². The number of para-hydroxylation sites is 2. The first-order chi connectivity index (χ1) is 7.74. The molecule has 5 heteroatoms. The first-order valence-corrected chi connectivity index (χ1v) is 5.37. The number of ether oxygens (including phenoxy) is 2. The van der Waals surface area contributed by atoms with Crippen molar-refractivity contribution in [3.8, 4) is 5.75 Å². The predicted octanol–water partition coefficient (Wildman–Crippen LogP) is 2.41. The Kier molecular flexibility index (Phi) is 7.97. The minimum atomic E-state index is -0.188. The lowest BCUT2D eigenvalue weighted by Crippen LogP contribution is -2.07. The summed E-state index contributed by atoms with van der Waals surface area (Å²) in [4.78, 5) is 11.0. The monoisotopic (exact) mass is 259 g/mol. The quantitative estimate of drug-likeness (QED) is 0.484. The number of benzene rings is 1. The van der Waals surface area contributed by atoms with Crippen molar-refractivity contribution in [3.05, 3.63) is 24.3 Å². The van der Waals surface area contributed by atoms with E-state index in [2.05, 4.69) is 0 Å². The van der Waals surface area contributed by atoms with Crippen LogP contribution in [0.5, 0.6) is 5.75 Å². The largest absolute Gasteiger partial charge is 0.491 e. The fourth-order valence-corrected chi connectivity index (χ4v) is 1.24. The average Bonchev–Trinajstić information content (AvgIpc) is 2.27. The third-order valence-electron chi connectivity index (χ3n) is 2.01. The number of carbonyl (C=O) groups is 1. The van der Waals surface area contributed by atoms with Crippen LogP contribution in [0.25, 0.3) is 0 Å². The molecular weight excluding hydrogens is 242 g/mol. The molecule has 4 nitrogen and oxygen atoms in total. The van der Waals surface area contributed by atoms with Gasteiger partial charge in [0.05, 0.1) is 18.9 Å². The zero-order chi connectivity index (χ0) is 11.8. The Balaban J connectivity index is 0.00000256. The van der Waals surface area contributed by atoms with Gasteiger partial charge in [-0.25, -0.2) is 0 Å². The van der Waals surface area contributed by atoms with Gasteiger partial charge in [-0.1, -0.05) is 12.1 Å². The van der Waals surface area contributed by atoms with Gasteiger partial charge in [-0.3, -0.25) is 4.79 Å². The Morgan fingerprint density at radius 1 is 1.35 bits per heavy atom. The summed E-state index contributed by atoms with van der Waals surface area (Å²) < 4.78 is 10.2. The maximum absolute atomic E-state index is 11.0. The van der Waals surface area contributed by atoms with Crippen molar-refractivity contribution >= 4 is 24.1 Å². The van der Waals surface area contributed by atoms with Gasteiger partial charge in [0.1, 0.15) is 5.75 Å². The third-order valence-corrected chi connectivity index (χ3v) is 2.01. The van der Waals surface area contributed by atoms with Crippen molar-refractivity contribution in [1.29, 1.82) is 0 Å². The van der Waals surface area contributed by atoms with E-state index in [0.29, 0.717) is 37.5 Å². The zero-order valence-electron chi connectivity index (χ0n) is 9.85. The van der Waals surface area contributed by atoms with E-state index in [1.165, 1.54) is 0 Å². The first-order valence-electron chi connectivity index (χ1n) is 5.37. The molecule has 1 aromatic carbocycles. The second-order valence-corrected chi connectivity index (χ2v) is 3.29. The minimum absolute atomic E-state index is 0. The Morgan fingerprint density at radius 3 is 2.71 bits per heavy atom. The van der Waals surface area contributed by atoms with E-state index in [4.69, 9.17) is 15.2 Å². The molecule has 0 spiro atoms. The van der Waals surface area contributed by atoms with Crippen molar-refractivity contribution in [2.24, 2.45) is 0 Å². The normalized spacial score (nSPS) is 9.24.